The molecule has 0 atom stereocenters. The monoisotopic (exact) mass is 292 g/mol. The minimum atomic E-state index is 0.0559. The molecule has 0 fully saturated rings. The van der Waals surface area contributed by atoms with Gasteiger partial charge in [-0.3, -0.25) is 0 Å². The van der Waals surface area contributed by atoms with E-state index in [1.807, 2.05) is 43.3 Å². The molecule has 0 aliphatic rings. The zero-order valence-electron chi connectivity index (χ0n) is 10.5. The molecule has 0 amide bonds. The summed E-state index contributed by atoms with van der Waals surface area (Å²) in [7, 11) is 0. The Morgan fingerprint density at radius 1 is 1.00 bits per heavy atom. The van der Waals surface area contributed by atoms with E-state index in [9.17, 15) is 0 Å². The van der Waals surface area contributed by atoms with Crippen LogP contribution in [0, 0.1) is 0 Å². The number of hydrogen-bond donors (Lipinski definition) is 1. The second kappa shape index (κ2) is 6.25. The summed E-state index contributed by atoms with van der Waals surface area (Å²) in [6.07, 6.45) is 1.79. The second-order valence-electron chi connectivity index (χ2n) is 4.28. The summed E-state index contributed by atoms with van der Waals surface area (Å²) in [5.41, 5.74) is 4.27. The first-order valence-electron chi connectivity index (χ1n) is 5.95. The van der Waals surface area contributed by atoms with Crippen LogP contribution in [0.15, 0.2) is 48.5 Å². The first-order chi connectivity index (χ1) is 9.11. The third kappa shape index (κ3) is 3.38. The summed E-state index contributed by atoms with van der Waals surface area (Å²) in [4.78, 5) is 0. The van der Waals surface area contributed by atoms with Crippen molar-refractivity contribution in [3.05, 3.63) is 64.1 Å². The zero-order chi connectivity index (χ0) is 13.8. The van der Waals surface area contributed by atoms with Crippen molar-refractivity contribution < 1.29 is 5.11 Å². The predicted molar refractivity (Wildman–Crippen MR) is 82.6 cm³/mol. The maximum Gasteiger partial charge on any atom is 0.0618 e. The van der Waals surface area contributed by atoms with Gasteiger partial charge in [0.2, 0.25) is 0 Å². The molecule has 2 aromatic carbocycles. The van der Waals surface area contributed by atoms with E-state index in [1.54, 1.807) is 12.1 Å². The third-order valence-electron chi connectivity index (χ3n) is 2.99. The van der Waals surface area contributed by atoms with Crippen molar-refractivity contribution in [3.63, 3.8) is 0 Å². The summed E-state index contributed by atoms with van der Waals surface area (Å²) in [6.45, 7) is 2.03. The van der Waals surface area contributed by atoms with Gasteiger partial charge in [0.25, 0.3) is 0 Å². The van der Waals surface area contributed by atoms with Gasteiger partial charge in [0.15, 0.2) is 0 Å². The van der Waals surface area contributed by atoms with Gasteiger partial charge in [-0.25, -0.2) is 0 Å². The van der Waals surface area contributed by atoms with Crippen molar-refractivity contribution in [3.8, 4) is 11.1 Å². The fraction of sp³-hybridized carbons (Fsp3) is 0.125. The van der Waals surface area contributed by atoms with Gasteiger partial charge in [0.05, 0.1) is 16.7 Å². The lowest BCUT2D eigenvalue weighted by Crippen LogP contribution is -1.84. The number of halogens is 2. The van der Waals surface area contributed by atoms with E-state index >= 15 is 0 Å². The molecule has 2 rings (SSSR count). The average molecular weight is 293 g/mol. The van der Waals surface area contributed by atoms with Crippen molar-refractivity contribution in [1.82, 2.24) is 0 Å². The van der Waals surface area contributed by atoms with E-state index in [2.05, 4.69) is 0 Å². The van der Waals surface area contributed by atoms with Gasteiger partial charge in [-0.1, -0.05) is 59.6 Å². The van der Waals surface area contributed by atoms with Gasteiger partial charge in [0, 0.05) is 0 Å². The molecule has 0 saturated heterocycles. The Kier molecular flexibility index (Phi) is 4.65. The number of aliphatic hydroxyl groups is 1. The van der Waals surface area contributed by atoms with Crippen LogP contribution in [0.3, 0.4) is 0 Å². The summed E-state index contributed by atoms with van der Waals surface area (Å²) < 4.78 is 0. The summed E-state index contributed by atoms with van der Waals surface area (Å²) in [5.74, 6) is 0. The molecule has 3 heteroatoms. The lowest BCUT2D eigenvalue weighted by Gasteiger charge is -2.06. The van der Waals surface area contributed by atoms with Crippen molar-refractivity contribution in [1.29, 1.82) is 0 Å². The maximum atomic E-state index is 8.88. The number of allylic oxidation sites excluding steroid dienone is 1. The Morgan fingerprint density at radius 2 is 1.63 bits per heavy atom. The highest BCUT2D eigenvalue weighted by atomic mass is 35.5. The minimum absolute atomic E-state index is 0.0559. The molecule has 1 N–H and O–H groups in total. The SMILES string of the molecule is CC(=CCO)c1ccc(-c2ccc(Cl)c(Cl)c2)cc1. The van der Waals surface area contributed by atoms with Gasteiger partial charge >= 0.3 is 0 Å². The fourth-order valence-corrected chi connectivity index (χ4v) is 2.15. The number of aliphatic hydroxyl groups excluding tert-OH is 1. The largest absolute Gasteiger partial charge is 0.392 e. The van der Waals surface area contributed by atoms with Crippen LogP contribution in [-0.4, -0.2) is 11.7 Å². The normalized spacial score (nSPS) is 11.7. The van der Waals surface area contributed by atoms with Crippen LogP contribution in [0.5, 0.6) is 0 Å². The number of hydrogen-bond acceptors (Lipinski definition) is 1. The van der Waals surface area contributed by atoms with Gasteiger partial charge in [-0.2, -0.15) is 0 Å². The molecular weight excluding hydrogens is 279 g/mol. The highest BCUT2D eigenvalue weighted by Crippen LogP contribution is 2.29. The fourth-order valence-electron chi connectivity index (χ4n) is 1.86. The average Bonchev–Trinajstić information content (AvgIpc) is 2.42. The Morgan fingerprint density at radius 3 is 2.21 bits per heavy atom. The van der Waals surface area contributed by atoms with E-state index in [0.717, 1.165) is 22.3 Å². The van der Waals surface area contributed by atoms with E-state index in [0.29, 0.717) is 10.0 Å². The predicted octanol–water partition coefficient (Wildman–Crippen LogP) is 5.06. The van der Waals surface area contributed by atoms with Crippen LogP contribution in [0.2, 0.25) is 10.0 Å². The molecule has 0 heterocycles. The van der Waals surface area contributed by atoms with Gasteiger partial charge in [-0.05, 0) is 41.3 Å². The summed E-state index contributed by atoms with van der Waals surface area (Å²) in [5, 5.41) is 10.00. The van der Waals surface area contributed by atoms with Crippen LogP contribution in [0.1, 0.15) is 12.5 Å². The smallest absolute Gasteiger partial charge is 0.0618 e. The Labute approximate surface area is 123 Å². The highest BCUT2D eigenvalue weighted by Gasteiger charge is 2.02. The first-order valence-corrected chi connectivity index (χ1v) is 6.71. The van der Waals surface area contributed by atoms with Crippen LogP contribution in [0.4, 0.5) is 0 Å². The van der Waals surface area contributed by atoms with Crippen molar-refractivity contribution >= 4 is 28.8 Å². The molecule has 0 aliphatic carbocycles. The number of rotatable bonds is 3. The van der Waals surface area contributed by atoms with E-state index in [1.165, 1.54) is 0 Å². The van der Waals surface area contributed by atoms with Gasteiger partial charge in [-0.15, -0.1) is 0 Å². The van der Waals surface area contributed by atoms with Crippen molar-refractivity contribution in [2.75, 3.05) is 6.61 Å². The van der Waals surface area contributed by atoms with Gasteiger partial charge in [0.1, 0.15) is 0 Å². The third-order valence-corrected chi connectivity index (χ3v) is 3.73. The molecule has 19 heavy (non-hydrogen) atoms. The number of benzene rings is 2. The first kappa shape index (κ1) is 14.1. The lowest BCUT2D eigenvalue weighted by atomic mass is 10.0. The van der Waals surface area contributed by atoms with Crippen molar-refractivity contribution in [2.24, 2.45) is 0 Å². The molecule has 0 unspecified atom stereocenters. The van der Waals surface area contributed by atoms with E-state index < -0.39 is 0 Å². The standard InChI is InChI=1S/C16H14Cl2O/c1-11(8-9-19)12-2-4-13(5-3-12)14-6-7-15(17)16(18)10-14/h2-8,10,19H,9H2,1H3. The minimum Gasteiger partial charge on any atom is -0.392 e. The Balaban J connectivity index is 2.32. The molecule has 2 aromatic rings. The van der Waals surface area contributed by atoms with Crippen molar-refractivity contribution in [2.45, 2.75) is 6.92 Å². The molecule has 1 nitrogen and oxygen atoms in total. The van der Waals surface area contributed by atoms with E-state index in [4.69, 9.17) is 28.3 Å². The Hall–Kier alpha value is -1.28. The highest BCUT2D eigenvalue weighted by molar-refractivity contribution is 6.42. The molecule has 0 aliphatic heterocycles. The molecular formula is C16H14Cl2O. The van der Waals surface area contributed by atoms with Crippen LogP contribution >= 0.6 is 23.2 Å². The second-order valence-corrected chi connectivity index (χ2v) is 5.09. The molecule has 0 radical (unpaired) electrons. The van der Waals surface area contributed by atoms with Crippen LogP contribution in [-0.2, 0) is 0 Å². The Bertz CT molecular complexity index is 601. The van der Waals surface area contributed by atoms with Gasteiger partial charge < -0.3 is 5.11 Å². The van der Waals surface area contributed by atoms with Crippen LogP contribution < -0.4 is 0 Å². The molecule has 0 aromatic heterocycles. The summed E-state index contributed by atoms with van der Waals surface area (Å²) >= 11 is 11.9. The lowest BCUT2D eigenvalue weighted by molar-refractivity contribution is 0.343. The molecule has 0 spiro atoms. The summed E-state index contributed by atoms with van der Waals surface area (Å²) in [6, 6.07) is 13.7. The molecule has 0 saturated carbocycles. The quantitative estimate of drug-likeness (QED) is 0.839. The van der Waals surface area contributed by atoms with Crippen LogP contribution in [0.25, 0.3) is 16.7 Å². The maximum absolute atomic E-state index is 8.88. The van der Waals surface area contributed by atoms with E-state index in [-0.39, 0.29) is 6.61 Å². The zero-order valence-corrected chi connectivity index (χ0v) is 12.0. The molecule has 0 bridgehead atoms. The molecule has 98 valence electrons. The topological polar surface area (TPSA) is 20.2 Å².